The first-order valence-corrected chi connectivity index (χ1v) is 13.5. The molecular weight excluding hydrogens is 500 g/mol. The first-order chi connectivity index (χ1) is 19.0. The summed E-state index contributed by atoms with van der Waals surface area (Å²) >= 11 is 5.98. The van der Waals surface area contributed by atoms with Crippen molar-refractivity contribution in [3.05, 3.63) is 138 Å². The third-order valence-corrected chi connectivity index (χ3v) is 7.82. The van der Waals surface area contributed by atoms with Crippen molar-refractivity contribution in [2.75, 3.05) is 4.90 Å². The van der Waals surface area contributed by atoms with Gasteiger partial charge in [-0.2, -0.15) is 0 Å². The highest BCUT2D eigenvalue weighted by atomic mass is 32.1. The van der Waals surface area contributed by atoms with Crippen LogP contribution in [0, 0.1) is 20.8 Å². The molecule has 0 radical (unpaired) electrons. The highest BCUT2D eigenvalue weighted by Crippen LogP contribution is 2.45. The molecule has 1 saturated heterocycles. The van der Waals surface area contributed by atoms with Crippen LogP contribution in [0.4, 0.5) is 5.69 Å². The number of thiocarbonyl (C=S) groups is 1. The number of rotatable bonds is 6. The summed E-state index contributed by atoms with van der Waals surface area (Å²) in [7, 11) is 0. The van der Waals surface area contributed by atoms with E-state index in [1.54, 1.807) is 0 Å². The Hall–Kier alpha value is -4.42. The highest BCUT2D eigenvalue weighted by Gasteiger charge is 2.43. The predicted octanol–water partition coefficient (Wildman–Crippen LogP) is 7.77. The summed E-state index contributed by atoms with van der Waals surface area (Å²) in [6.45, 7) is 6.60. The number of hydrogen-bond donors (Lipinski definition) is 1. The van der Waals surface area contributed by atoms with Crippen LogP contribution in [0.5, 0.6) is 11.5 Å². The van der Waals surface area contributed by atoms with Gasteiger partial charge < -0.3 is 19.5 Å². The van der Waals surface area contributed by atoms with Crippen molar-refractivity contribution in [3.63, 3.8) is 0 Å². The van der Waals surface area contributed by atoms with Gasteiger partial charge in [-0.05, 0) is 99.2 Å². The molecule has 0 spiro atoms. The van der Waals surface area contributed by atoms with E-state index in [0.29, 0.717) is 5.11 Å². The summed E-state index contributed by atoms with van der Waals surface area (Å²) in [5.41, 5.74) is 8.03. The Bertz CT molecular complexity index is 1600. The molecule has 5 aromatic rings. The lowest BCUT2D eigenvalue weighted by Gasteiger charge is -2.29. The van der Waals surface area contributed by atoms with E-state index in [1.807, 2.05) is 60.8 Å². The maximum Gasteiger partial charge on any atom is 0.174 e. The zero-order valence-electron chi connectivity index (χ0n) is 22.2. The lowest BCUT2D eigenvalue weighted by Crippen LogP contribution is -2.29. The topological polar surface area (TPSA) is 42.3 Å². The highest BCUT2D eigenvalue weighted by molar-refractivity contribution is 7.80. The first-order valence-electron chi connectivity index (χ1n) is 13.1. The van der Waals surface area contributed by atoms with E-state index in [4.69, 9.17) is 21.9 Å². The van der Waals surface area contributed by atoms with Crippen LogP contribution in [0.2, 0.25) is 0 Å². The summed E-state index contributed by atoms with van der Waals surface area (Å²) in [4.78, 5) is 6.96. The van der Waals surface area contributed by atoms with Gasteiger partial charge in [0, 0.05) is 34.5 Å². The fourth-order valence-electron chi connectivity index (χ4n) is 5.63. The Labute approximate surface area is 234 Å². The van der Waals surface area contributed by atoms with Crippen LogP contribution < -0.4 is 15.0 Å². The second-order valence-electron chi connectivity index (χ2n) is 9.79. The third kappa shape index (κ3) is 4.57. The molecule has 6 heteroatoms. The first kappa shape index (κ1) is 24.9. The Morgan fingerprint density at radius 1 is 0.718 bits per heavy atom. The molecule has 1 aliphatic heterocycles. The monoisotopic (exact) mass is 530 g/mol. The number of hydrogen-bond acceptors (Lipinski definition) is 3. The van der Waals surface area contributed by atoms with Crippen molar-refractivity contribution < 1.29 is 4.74 Å². The molecular formula is C33H30N4OS. The number of para-hydroxylation sites is 2. The molecule has 0 unspecified atom stereocenters. The number of pyridine rings is 1. The van der Waals surface area contributed by atoms with E-state index in [1.165, 1.54) is 22.5 Å². The number of nitrogens with one attached hydrogen (secondary N) is 1. The van der Waals surface area contributed by atoms with Crippen molar-refractivity contribution in [1.29, 1.82) is 0 Å². The molecule has 39 heavy (non-hydrogen) atoms. The summed E-state index contributed by atoms with van der Waals surface area (Å²) in [6, 6.07) is 34.3. The fraction of sp³-hybridized carbons (Fsp3) is 0.152. The van der Waals surface area contributed by atoms with Gasteiger partial charge in [-0.15, -0.1) is 0 Å². The van der Waals surface area contributed by atoms with Crippen LogP contribution in [-0.4, -0.2) is 14.7 Å². The second kappa shape index (κ2) is 10.4. The molecule has 0 saturated carbocycles. The average Bonchev–Trinajstić information content (AvgIpc) is 3.42. The molecule has 3 aromatic carbocycles. The normalized spacial score (nSPS) is 16.8. The molecule has 1 fully saturated rings. The molecule has 2 atom stereocenters. The number of anilines is 1. The van der Waals surface area contributed by atoms with Gasteiger partial charge in [-0.1, -0.05) is 42.5 Å². The minimum Gasteiger partial charge on any atom is -0.457 e. The zero-order valence-corrected chi connectivity index (χ0v) is 23.0. The largest absolute Gasteiger partial charge is 0.457 e. The summed E-state index contributed by atoms with van der Waals surface area (Å²) in [6.07, 6.45) is 1.84. The van der Waals surface area contributed by atoms with E-state index in [2.05, 4.69) is 84.1 Å². The summed E-state index contributed by atoms with van der Waals surface area (Å²) in [5.74, 6) is 1.58. The summed E-state index contributed by atoms with van der Waals surface area (Å²) in [5, 5.41) is 4.28. The fourth-order valence-corrected chi connectivity index (χ4v) is 5.98. The van der Waals surface area contributed by atoms with Crippen LogP contribution in [0.15, 0.2) is 109 Å². The molecule has 0 aliphatic carbocycles. The Balaban J connectivity index is 1.45. The zero-order chi connectivity index (χ0) is 26.9. The van der Waals surface area contributed by atoms with Crippen molar-refractivity contribution >= 4 is 23.0 Å². The van der Waals surface area contributed by atoms with Crippen LogP contribution in [-0.2, 0) is 0 Å². The van der Waals surface area contributed by atoms with Gasteiger partial charge in [0.15, 0.2) is 5.11 Å². The SMILES string of the molecule is Cc1c([C@@H]2[C@@H](c3ccccn3)NC(=S)N2c2ccc(Oc3ccccc3)cc2)c(C)n(-c2ccccc2)c1C. The molecule has 1 N–H and O–H groups in total. The quantitative estimate of drug-likeness (QED) is 0.227. The Kier molecular flexibility index (Phi) is 6.63. The van der Waals surface area contributed by atoms with Crippen LogP contribution >= 0.6 is 12.2 Å². The van der Waals surface area contributed by atoms with E-state index >= 15 is 0 Å². The van der Waals surface area contributed by atoms with Gasteiger partial charge in [0.2, 0.25) is 0 Å². The molecule has 3 heterocycles. The lowest BCUT2D eigenvalue weighted by atomic mass is 9.93. The van der Waals surface area contributed by atoms with E-state index < -0.39 is 0 Å². The van der Waals surface area contributed by atoms with Gasteiger partial charge in [0.25, 0.3) is 0 Å². The predicted molar refractivity (Wildman–Crippen MR) is 161 cm³/mol. The van der Waals surface area contributed by atoms with Crippen molar-refractivity contribution in [2.24, 2.45) is 0 Å². The van der Waals surface area contributed by atoms with Crippen molar-refractivity contribution in [3.8, 4) is 17.2 Å². The molecule has 0 bridgehead atoms. The van der Waals surface area contributed by atoms with Gasteiger partial charge in [-0.3, -0.25) is 4.98 Å². The Morgan fingerprint density at radius 2 is 1.36 bits per heavy atom. The van der Waals surface area contributed by atoms with Gasteiger partial charge in [0.05, 0.1) is 17.8 Å². The average molecular weight is 531 g/mol. The number of nitrogens with zero attached hydrogens (tertiary/aromatic N) is 3. The minimum atomic E-state index is -0.109. The van der Waals surface area contributed by atoms with Crippen molar-refractivity contribution in [1.82, 2.24) is 14.9 Å². The van der Waals surface area contributed by atoms with Crippen molar-refractivity contribution in [2.45, 2.75) is 32.9 Å². The minimum absolute atomic E-state index is 0.0862. The van der Waals surface area contributed by atoms with Crippen LogP contribution in [0.25, 0.3) is 5.69 Å². The molecule has 194 valence electrons. The van der Waals surface area contributed by atoms with Gasteiger partial charge in [0.1, 0.15) is 11.5 Å². The molecule has 0 amide bonds. The van der Waals surface area contributed by atoms with E-state index in [9.17, 15) is 0 Å². The number of ether oxygens (including phenoxy) is 1. The molecule has 2 aromatic heterocycles. The molecule has 1 aliphatic rings. The Morgan fingerprint density at radius 3 is 2.03 bits per heavy atom. The van der Waals surface area contributed by atoms with Crippen LogP contribution in [0.1, 0.15) is 40.3 Å². The third-order valence-electron chi connectivity index (χ3n) is 7.51. The number of aromatic nitrogens is 2. The summed E-state index contributed by atoms with van der Waals surface area (Å²) < 4.78 is 8.39. The molecule has 6 rings (SSSR count). The maximum atomic E-state index is 6.05. The van der Waals surface area contributed by atoms with E-state index in [0.717, 1.165) is 28.6 Å². The maximum absolute atomic E-state index is 6.05. The van der Waals surface area contributed by atoms with Gasteiger partial charge in [-0.25, -0.2) is 0 Å². The second-order valence-corrected chi connectivity index (χ2v) is 10.2. The number of benzene rings is 3. The van der Waals surface area contributed by atoms with E-state index in [-0.39, 0.29) is 12.1 Å². The molecule has 5 nitrogen and oxygen atoms in total. The lowest BCUT2D eigenvalue weighted by molar-refractivity contribution is 0.482. The standard InChI is InChI=1S/C33H30N4OS/c1-22-23(2)36(25-12-6-4-7-13-25)24(3)30(22)32-31(29-16-10-11-21-34-29)35-33(39)37(32)26-17-19-28(20-18-26)38-27-14-8-5-9-15-27/h4-21,31-32H,1-3H3,(H,35,39)/t31-,32-/m1/s1. The van der Waals surface area contributed by atoms with Crippen LogP contribution in [0.3, 0.4) is 0 Å². The smallest absolute Gasteiger partial charge is 0.174 e. The van der Waals surface area contributed by atoms with Gasteiger partial charge >= 0.3 is 0 Å².